The lowest BCUT2D eigenvalue weighted by Gasteiger charge is -2.31. The molecule has 96 valence electrons. The number of hydrogen-bond donors (Lipinski definition) is 1. The summed E-state index contributed by atoms with van der Waals surface area (Å²) in [6.45, 7) is 8.99. The van der Waals surface area contributed by atoms with Gasteiger partial charge < -0.3 is 9.73 Å². The largest absolute Gasteiger partial charge is 0.468 e. The van der Waals surface area contributed by atoms with Crippen molar-refractivity contribution in [2.75, 3.05) is 19.6 Å². The van der Waals surface area contributed by atoms with E-state index in [4.69, 9.17) is 4.42 Å². The minimum atomic E-state index is 0.678. The van der Waals surface area contributed by atoms with Crippen molar-refractivity contribution in [1.29, 1.82) is 0 Å². The summed E-state index contributed by atoms with van der Waals surface area (Å²) in [7, 11) is 0. The summed E-state index contributed by atoms with van der Waals surface area (Å²) >= 11 is 0. The van der Waals surface area contributed by atoms with E-state index < -0.39 is 0 Å². The molecule has 1 aromatic heterocycles. The maximum absolute atomic E-state index is 5.44. The van der Waals surface area contributed by atoms with E-state index in [2.05, 4.69) is 30.1 Å². The summed E-state index contributed by atoms with van der Waals surface area (Å²) in [6, 6.07) is 4.72. The van der Waals surface area contributed by atoms with Crippen LogP contribution in [0.5, 0.6) is 0 Å². The SMILES string of the molecule is CCC1CCN(Cc2ccco2)CC(C)CN1. The van der Waals surface area contributed by atoms with Crippen LogP contribution in [0.25, 0.3) is 0 Å². The minimum Gasteiger partial charge on any atom is -0.468 e. The van der Waals surface area contributed by atoms with Crippen molar-refractivity contribution < 1.29 is 4.42 Å². The van der Waals surface area contributed by atoms with Gasteiger partial charge in [0.15, 0.2) is 0 Å². The molecule has 0 aliphatic carbocycles. The van der Waals surface area contributed by atoms with E-state index in [0.29, 0.717) is 12.0 Å². The predicted octanol–water partition coefficient (Wildman–Crippen LogP) is 2.49. The molecule has 0 aromatic carbocycles. The van der Waals surface area contributed by atoms with Crippen LogP contribution < -0.4 is 5.32 Å². The van der Waals surface area contributed by atoms with E-state index in [1.165, 1.54) is 12.8 Å². The van der Waals surface area contributed by atoms with Crippen LogP contribution in [0.3, 0.4) is 0 Å². The van der Waals surface area contributed by atoms with Gasteiger partial charge in [-0.1, -0.05) is 13.8 Å². The highest BCUT2D eigenvalue weighted by molar-refractivity contribution is 4.98. The van der Waals surface area contributed by atoms with Gasteiger partial charge in [-0.3, -0.25) is 4.90 Å². The van der Waals surface area contributed by atoms with Crippen molar-refractivity contribution in [2.45, 2.75) is 39.3 Å². The third-order valence-electron chi connectivity index (χ3n) is 3.57. The average molecular weight is 236 g/mol. The molecule has 17 heavy (non-hydrogen) atoms. The van der Waals surface area contributed by atoms with Crippen molar-refractivity contribution in [3.63, 3.8) is 0 Å². The van der Waals surface area contributed by atoms with Gasteiger partial charge in [-0.15, -0.1) is 0 Å². The van der Waals surface area contributed by atoms with E-state index in [-0.39, 0.29) is 0 Å². The van der Waals surface area contributed by atoms with Crippen molar-refractivity contribution in [3.05, 3.63) is 24.2 Å². The summed E-state index contributed by atoms with van der Waals surface area (Å²) in [4.78, 5) is 2.52. The van der Waals surface area contributed by atoms with Gasteiger partial charge in [-0.05, 0) is 37.4 Å². The first-order chi connectivity index (χ1) is 8.28. The Morgan fingerprint density at radius 3 is 3.12 bits per heavy atom. The zero-order chi connectivity index (χ0) is 12.1. The molecule has 3 nitrogen and oxygen atoms in total. The Labute approximate surface area is 104 Å². The topological polar surface area (TPSA) is 28.4 Å². The zero-order valence-electron chi connectivity index (χ0n) is 11.0. The normalized spacial score (nSPS) is 27.6. The molecule has 0 radical (unpaired) electrons. The van der Waals surface area contributed by atoms with Gasteiger partial charge in [0.1, 0.15) is 5.76 Å². The molecule has 3 heteroatoms. The predicted molar refractivity (Wildman–Crippen MR) is 69.8 cm³/mol. The summed E-state index contributed by atoms with van der Waals surface area (Å²) < 4.78 is 5.44. The molecule has 1 aliphatic rings. The molecule has 1 saturated heterocycles. The van der Waals surface area contributed by atoms with Crippen molar-refractivity contribution >= 4 is 0 Å². The van der Waals surface area contributed by atoms with Gasteiger partial charge in [0.05, 0.1) is 12.8 Å². The van der Waals surface area contributed by atoms with Crippen LogP contribution in [-0.4, -0.2) is 30.6 Å². The molecule has 2 heterocycles. The van der Waals surface area contributed by atoms with Gasteiger partial charge in [0, 0.05) is 19.1 Å². The smallest absolute Gasteiger partial charge is 0.117 e. The van der Waals surface area contributed by atoms with Crippen LogP contribution >= 0.6 is 0 Å². The molecule has 1 aliphatic heterocycles. The Hall–Kier alpha value is -0.800. The van der Waals surface area contributed by atoms with Crippen LogP contribution in [-0.2, 0) is 6.54 Å². The van der Waals surface area contributed by atoms with Crippen molar-refractivity contribution in [2.24, 2.45) is 5.92 Å². The molecule has 1 fully saturated rings. The van der Waals surface area contributed by atoms with Gasteiger partial charge in [0.25, 0.3) is 0 Å². The molecule has 1 N–H and O–H groups in total. The van der Waals surface area contributed by atoms with Gasteiger partial charge >= 0.3 is 0 Å². The molecule has 2 unspecified atom stereocenters. The lowest BCUT2D eigenvalue weighted by atomic mass is 10.0. The van der Waals surface area contributed by atoms with E-state index in [1.807, 2.05) is 6.07 Å². The number of nitrogens with zero attached hydrogens (tertiary/aromatic N) is 1. The molecule has 1 aromatic rings. The molecule has 0 saturated carbocycles. The first-order valence-corrected chi connectivity index (χ1v) is 6.76. The number of hydrogen-bond acceptors (Lipinski definition) is 3. The summed E-state index contributed by atoms with van der Waals surface area (Å²) in [5, 5.41) is 3.65. The quantitative estimate of drug-likeness (QED) is 0.874. The lowest BCUT2D eigenvalue weighted by Crippen LogP contribution is -2.43. The highest BCUT2D eigenvalue weighted by atomic mass is 16.3. The number of nitrogens with one attached hydrogen (secondary N) is 1. The maximum Gasteiger partial charge on any atom is 0.117 e. The molecular formula is C14H24N2O. The fraction of sp³-hybridized carbons (Fsp3) is 0.714. The van der Waals surface area contributed by atoms with Crippen LogP contribution in [0, 0.1) is 5.92 Å². The molecule has 0 bridgehead atoms. The minimum absolute atomic E-state index is 0.678. The van der Waals surface area contributed by atoms with Crippen LogP contribution in [0.2, 0.25) is 0 Å². The van der Waals surface area contributed by atoms with Crippen LogP contribution in [0.4, 0.5) is 0 Å². The third-order valence-corrected chi connectivity index (χ3v) is 3.57. The van der Waals surface area contributed by atoms with E-state index in [1.54, 1.807) is 6.26 Å². The number of rotatable bonds is 3. The summed E-state index contributed by atoms with van der Waals surface area (Å²) in [5.41, 5.74) is 0. The Kier molecular flexibility index (Phi) is 4.63. The Balaban J connectivity index is 1.91. The number of furan rings is 1. The summed E-state index contributed by atoms with van der Waals surface area (Å²) in [5.74, 6) is 1.79. The first-order valence-electron chi connectivity index (χ1n) is 6.76. The third kappa shape index (κ3) is 3.86. The summed E-state index contributed by atoms with van der Waals surface area (Å²) in [6.07, 6.45) is 4.23. The Bertz CT molecular complexity index is 310. The highest BCUT2D eigenvalue weighted by Gasteiger charge is 2.18. The second-order valence-corrected chi connectivity index (χ2v) is 5.22. The van der Waals surface area contributed by atoms with Crippen molar-refractivity contribution in [3.8, 4) is 0 Å². The van der Waals surface area contributed by atoms with E-state index in [9.17, 15) is 0 Å². The van der Waals surface area contributed by atoms with Crippen molar-refractivity contribution in [1.82, 2.24) is 10.2 Å². The first kappa shape index (κ1) is 12.7. The zero-order valence-corrected chi connectivity index (χ0v) is 11.0. The standard InChI is InChI=1S/C14H24N2O/c1-3-13-6-7-16(10-12(2)9-15-13)11-14-5-4-8-17-14/h4-5,8,12-13,15H,3,6-7,9-11H2,1-2H3. The molecule has 0 amide bonds. The van der Waals surface area contributed by atoms with Crippen LogP contribution in [0.1, 0.15) is 32.4 Å². The molecule has 2 atom stereocenters. The lowest BCUT2D eigenvalue weighted by molar-refractivity contribution is 0.179. The molecule has 0 spiro atoms. The van der Waals surface area contributed by atoms with Gasteiger partial charge in [0.2, 0.25) is 0 Å². The second kappa shape index (κ2) is 6.22. The Morgan fingerprint density at radius 1 is 1.53 bits per heavy atom. The Morgan fingerprint density at radius 2 is 2.41 bits per heavy atom. The van der Waals surface area contributed by atoms with Gasteiger partial charge in [-0.2, -0.15) is 0 Å². The van der Waals surface area contributed by atoms with E-state index >= 15 is 0 Å². The average Bonchev–Trinajstić information content (AvgIpc) is 2.79. The maximum atomic E-state index is 5.44. The van der Waals surface area contributed by atoms with Gasteiger partial charge in [-0.25, -0.2) is 0 Å². The van der Waals surface area contributed by atoms with E-state index in [0.717, 1.165) is 31.9 Å². The second-order valence-electron chi connectivity index (χ2n) is 5.22. The molecule has 2 rings (SSSR count). The highest BCUT2D eigenvalue weighted by Crippen LogP contribution is 2.12. The van der Waals surface area contributed by atoms with Crippen LogP contribution in [0.15, 0.2) is 22.8 Å². The fourth-order valence-corrected chi connectivity index (χ4v) is 2.52. The fourth-order valence-electron chi connectivity index (χ4n) is 2.52. The monoisotopic (exact) mass is 236 g/mol. The molecular weight excluding hydrogens is 212 g/mol.